The zero-order valence-corrected chi connectivity index (χ0v) is 10.8. The van der Waals surface area contributed by atoms with E-state index in [0.717, 1.165) is 11.7 Å². The van der Waals surface area contributed by atoms with E-state index in [1.54, 1.807) is 12.4 Å². The van der Waals surface area contributed by atoms with Crippen LogP contribution in [0.5, 0.6) is 0 Å². The Bertz CT molecular complexity index is 407. The lowest BCUT2D eigenvalue weighted by Crippen LogP contribution is -2.28. The quantitative estimate of drug-likeness (QED) is 0.804. The van der Waals surface area contributed by atoms with Gasteiger partial charge in [-0.1, -0.05) is 32.0 Å². The fourth-order valence-corrected chi connectivity index (χ4v) is 2.53. The Kier molecular flexibility index (Phi) is 3.89. The monoisotopic (exact) mass is 250 g/mol. The molecule has 0 aromatic carbocycles. The van der Waals surface area contributed by atoms with Gasteiger partial charge in [-0.15, -0.1) is 0 Å². The molecule has 0 bridgehead atoms. The van der Waals surface area contributed by atoms with Crippen LogP contribution in [0.4, 0.5) is 5.82 Å². The Morgan fingerprint density at radius 1 is 1.41 bits per heavy atom. The van der Waals surface area contributed by atoms with Gasteiger partial charge in [-0.3, -0.25) is 0 Å². The summed E-state index contributed by atoms with van der Waals surface area (Å²) in [6.45, 7) is 2.29. The van der Waals surface area contributed by atoms with Crippen molar-refractivity contribution in [1.29, 1.82) is 0 Å². The van der Waals surface area contributed by atoms with Crippen molar-refractivity contribution in [2.24, 2.45) is 11.7 Å². The van der Waals surface area contributed by atoms with Crippen LogP contribution in [0, 0.1) is 5.92 Å². The maximum absolute atomic E-state index is 5.64. The molecule has 1 heterocycles. The number of thiocarbonyl (C=S) groups is 1. The SMILES string of the molecule is CC1CCCC(Nc2nccnc2C(N)=S)C1. The smallest absolute Gasteiger partial charge is 0.155 e. The molecule has 17 heavy (non-hydrogen) atoms. The van der Waals surface area contributed by atoms with Crippen molar-refractivity contribution >= 4 is 23.0 Å². The number of nitrogens with zero attached hydrogens (tertiary/aromatic N) is 2. The van der Waals surface area contributed by atoms with Crippen LogP contribution in [0.25, 0.3) is 0 Å². The van der Waals surface area contributed by atoms with E-state index in [2.05, 4.69) is 22.2 Å². The molecule has 2 rings (SSSR count). The third-order valence-corrected chi connectivity index (χ3v) is 3.40. The van der Waals surface area contributed by atoms with Crippen molar-refractivity contribution < 1.29 is 0 Å². The maximum atomic E-state index is 5.64. The van der Waals surface area contributed by atoms with Gasteiger partial charge in [-0.25, -0.2) is 9.97 Å². The van der Waals surface area contributed by atoms with Gasteiger partial charge < -0.3 is 11.1 Å². The third kappa shape index (κ3) is 3.12. The van der Waals surface area contributed by atoms with Crippen LogP contribution in [0.3, 0.4) is 0 Å². The van der Waals surface area contributed by atoms with Gasteiger partial charge in [-0.2, -0.15) is 0 Å². The average molecular weight is 250 g/mol. The topological polar surface area (TPSA) is 63.8 Å². The average Bonchev–Trinajstić information content (AvgIpc) is 2.29. The van der Waals surface area contributed by atoms with Crippen molar-refractivity contribution in [3.8, 4) is 0 Å². The minimum absolute atomic E-state index is 0.296. The van der Waals surface area contributed by atoms with Crippen LogP contribution in [0.15, 0.2) is 12.4 Å². The fraction of sp³-hybridized carbons (Fsp3) is 0.583. The molecule has 0 spiro atoms. The molecular formula is C12H18N4S. The number of nitrogens with two attached hydrogens (primary N) is 1. The first-order valence-electron chi connectivity index (χ1n) is 6.04. The van der Waals surface area contributed by atoms with Gasteiger partial charge >= 0.3 is 0 Å². The van der Waals surface area contributed by atoms with Crippen molar-refractivity contribution in [2.45, 2.75) is 38.6 Å². The minimum atomic E-state index is 0.296. The number of aromatic nitrogens is 2. The molecule has 2 unspecified atom stereocenters. The largest absolute Gasteiger partial charge is 0.388 e. The predicted molar refractivity (Wildman–Crippen MR) is 73.0 cm³/mol. The Hall–Kier alpha value is -1.23. The number of rotatable bonds is 3. The highest BCUT2D eigenvalue weighted by Gasteiger charge is 2.20. The van der Waals surface area contributed by atoms with Gasteiger partial charge in [0.15, 0.2) is 5.82 Å². The minimum Gasteiger partial charge on any atom is -0.388 e. The summed E-state index contributed by atoms with van der Waals surface area (Å²) >= 11 is 4.98. The zero-order valence-electron chi connectivity index (χ0n) is 10.0. The second-order valence-corrected chi connectivity index (χ2v) is 5.17. The van der Waals surface area contributed by atoms with E-state index >= 15 is 0 Å². The predicted octanol–water partition coefficient (Wildman–Crippen LogP) is 2.10. The van der Waals surface area contributed by atoms with Crippen molar-refractivity contribution in [3.05, 3.63) is 18.1 Å². The molecule has 1 fully saturated rings. The van der Waals surface area contributed by atoms with Crippen LogP contribution >= 0.6 is 12.2 Å². The molecule has 1 aliphatic rings. The summed E-state index contributed by atoms with van der Waals surface area (Å²) in [7, 11) is 0. The van der Waals surface area contributed by atoms with E-state index in [-0.39, 0.29) is 0 Å². The molecule has 0 amide bonds. The molecule has 1 aromatic rings. The van der Waals surface area contributed by atoms with E-state index in [0.29, 0.717) is 16.7 Å². The lowest BCUT2D eigenvalue weighted by atomic mass is 9.87. The van der Waals surface area contributed by atoms with Gasteiger partial charge in [0.25, 0.3) is 0 Å². The molecule has 0 aliphatic heterocycles. The number of hydrogen-bond donors (Lipinski definition) is 2. The lowest BCUT2D eigenvalue weighted by Gasteiger charge is -2.28. The summed E-state index contributed by atoms with van der Waals surface area (Å²) in [5.74, 6) is 1.49. The third-order valence-electron chi connectivity index (χ3n) is 3.21. The molecule has 0 saturated heterocycles. The van der Waals surface area contributed by atoms with Gasteiger partial charge in [-0.05, 0) is 18.8 Å². The Balaban J connectivity index is 2.10. The Labute approximate surface area is 107 Å². The first-order chi connectivity index (χ1) is 8.16. The van der Waals surface area contributed by atoms with Crippen LogP contribution in [-0.2, 0) is 0 Å². The molecular weight excluding hydrogens is 232 g/mol. The molecule has 92 valence electrons. The Morgan fingerprint density at radius 3 is 2.88 bits per heavy atom. The molecule has 0 radical (unpaired) electrons. The van der Waals surface area contributed by atoms with Crippen LogP contribution < -0.4 is 11.1 Å². The normalized spacial score (nSPS) is 24.3. The second-order valence-electron chi connectivity index (χ2n) is 4.73. The lowest BCUT2D eigenvalue weighted by molar-refractivity contribution is 0.358. The van der Waals surface area contributed by atoms with E-state index < -0.39 is 0 Å². The van der Waals surface area contributed by atoms with E-state index in [1.165, 1.54) is 25.7 Å². The molecule has 1 aliphatic carbocycles. The van der Waals surface area contributed by atoms with E-state index in [4.69, 9.17) is 18.0 Å². The highest BCUT2D eigenvalue weighted by atomic mass is 32.1. The van der Waals surface area contributed by atoms with Crippen molar-refractivity contribution in [3.63, 3.8) is 0 Å². The Morgan fingerprint density at radius 2 is 2.18 bits per heavy atom. The van der Waals surface area contributed by atoms with Crippen LogP contribution in [0.2, 0.25) is 0 Å². The highest BCUT2D eigenvalue weighted by Crippen LogP contribution is 2.26. The van der Waals surface area contributed by atoms with Crippen molar-refractivity contribution in [1.82, 2.24) is 9.97 Å². The summed E-state index contributed by atoms with van der Waals surface area (Å²) in [4.78, 5) is 8.75. The zero-order chi connectivity index (χ0) is 12.3. The maximum Gasteiger partial charge on any atom is 0.155 e. The van der Waals surface area contributed by atoms with Gasteiger partial charge in [0.2, 0.25) is 0 Å². The second kappa shape index (κ2) is 5.40. The van der Waals surface area contributed by atoms with Gasteiger partial charge in [0.05, 0.1) is 0 Å². The summed E-state index contributed by atoms with van der Waals surface area (Å²) in [5, 5.41) is 3.42. The first kappa shape index (κ1) is 12.2. The van der Waals surface area contributed by atoms with Crippen LogP contribution in [0.1, 0.15) is 38.3 Å². The summed E-state index contributed by atoms with van der Waals surface area (Å²) in [5.41, 5.74) is 6.23. The van der Waals surface area contributed by atoms with E-state index in [1.807, 2.05) is 0 Å². The molecule has 3 N–H and O–H groups in total. The fourth-order valence-electron chi connectivity index (χ4n) is 2.38. The summed E-state index contributed by atoms with van der Waals surface area (Å²) in [6, 6.07) is 0.462. The highest BCUT2D eigenvalue weighted by molar-refractivity contribution is 7.80. The molecule has 2 atom stereocenters. The number of nitrogens with one attached hydrogen (secondary N) is 1. The van der Waals surface area contributed by atoms with Crippen LogP contribution in [-0.4, -0.2) is 21.0 Å². The molecule has 1 aromatic heterocycles. The number of hydrogen-bond acceptors (Lipinski definition) is 4. The summed E-state index contributed by atoms with van der Waals surface area (Å²) < 4.78 is 0. The molecule has 1 saturated carbocycles. The molecule has 4 nitrogen and oxygen atoms in total. The van der Waals surface area contributed by atoms with Crippen molar-refractivity contribution in [2.75, 3.05) is 5.32 Å². The number of anilines is 1. The van der Waals surface area contributed by atoms with E-state index in [9.17, 15) is 0 Å². The first-order valence-corrected chi connectivity index (χ1v) is 6.45. The standard InChI is InChI=1S/C12H18N4S/c1-8-3-2-4-9(7-8)16-12-10(11(13)17)14-5-6-15-12/h5-6,8-9H,2-4,7H2,1H3,(H2,13,17)(H,15,16). The molecule has 5 heteroatoms. The van der Waals surface area contributed by atoms with Gasteiger partial charge in [0.1, 0.15) is 10.7 Å². The summed E-state index contributed by atoms with van der Waals surface area (Å²) in [6.07, 6.45) is 8.22. The van der Waals surface area contributed by atoms with Gasteiger partial charge in [0, 0.05) is 18.4 Å².